The molecule has 2 saturated heterocycles. The Labute approximate surface area is 127 Å². The summed E-state index contributed by atoms with van der Waals surface area (Å²) in [5.41, 5.74) is 0.886. The lowest BCUT2D eigenvalue weighted by atomic mass is 10.0. The first-order chi connectivity index (χ1) is 10.3. The van der Waals surface area contributed by atoms with Crippen molar-refractivity contribution in [2.45, 2.75) is 45.1 Å². The third kappa shape index (κ3) is 3.31. The number of nitrogens with one attached hydrogen (secondary N) is 1. The standard InChI is InChI=1S/C17H27N3O/c1-14-4-2-11-19(13-8-14)17(21)16-5-3-12-20(16)15-6-9-18-10-7-15/h3,5,12,14-15,18H,2,4,6-11,13H2,1H3. The molecule has 0 bridgehead atoms. The molecule has 1 N–H and O–H groups in total. The molecule has 0 saturated carbocycles. The van der Waals surface area contributed by atoms with E-state index >= 15 is 0 Å². The monoisotopic (exact) mass is 289 g/mol. The van der Waals surface area contributed by atoms with Crippen LogP contribution in [0.4, 0.5) is 0 Å². The van der Waals surface area contributed by atoms with Gasteiger partial charge in [0.25, 0.3) is 5.91 Å². The van der Waals surface area contributed by atoms with Crippen LogP contribution in [0.3, 0.4) is 0 Å². The second-order valence-corrected chi connectivity index (χ2v) is 6.61. The van der Waals surface area contributed by atoms with Crippen molar-refractivity contribution in [3.05, 3.63) is 24.0 Å². The predicted octanol–water partition coefficient (Wildman–Crippen LogP) is 2.67. The minimum absolute atomic E-state index is 0.229. The number of piperidine rings is 1. The number of likely N-dealkylation sites (tertiary alicyclic amines) is 1. The summed E-state index contributed by atoms with van der Waals surface area (Å²) in [6.07, 6.45) is 7.85. The molecule has 2 aliphatic heterocycles. The molecule has 3 heterocycles. The van der Waals surface area contributed by atoms with E-state index in [9.17, 15) is 4.79 Å². The Morgan fingerprint density at radius 2 is 2.00 bits per heavy atom. The fourth-order valence-corrected chi connectivity index (χ4v) is 3.61. The zero-order chi connectivity index (χ0) is 14.7. The number of aromatic nitrogens is 1. The summed E-state index contributed by atoms with van der Waals surface area (Å²) in [5, 5.41) is 3.39. The van der Waals surface area contributed by atoms with Gasteiger partial charge in [-0.25, -0.2) is 0 Å². The van der Waals surface area contributed by atoms with E-state index in [-0.39, 0.29) is 5.91 Å². The zero-order valence-electron chi connectivity index (χ0n) is 13.1. The molecule has 0 aliphatic carbocycles. The van der Waals surface area contributed by atoms with Gasteiger partial charge in [-0.3, -0.25) is 4.79 Å². The number of rotatable bonds is 2. The first kappa shape index (κ1) is 14.6. The van der Waals surface area contributed by atoms with Crippen molar-refractivity contribution in [3.63, 3.8) is 0 Å². The lowest BCUT2D eigenvalue weighted by molar-refractivity contribution is 0.0745. The number of carbonyl (C=O) groups excluding carboxylic acids is 1. The van der Waals surface area contributed by atoms with Gasteiger partial charge in [0.1, 0.15) is 5.69 Å². The van der Waals surface area contributed by atoms with Crippen LogP contribution in [0.2, 0.25) is 0 Å². The average Bonchev–Trinajstić information content (AvgIpc) is 2.90. The van der Waals surface area contributed by atoms with Gasteiger partial charge in [0.05, 0.1) is 0 Å². The van der Waals surface area contributed by atoms with Crippen molar-refractivity contribution in [3.8, 4) is 0 Å². The topological polar surface area (TPSA) is 37.3 Å². The molecule has 0 aromatic carbocycles. The SMILES string of the molecule is CC1CCCN(C(=O)c2cccn2C2CCNCC2)CC1. The molecule has 116 valence electrons. The van der Waals surface area contributed by atoms with Crippen LogP contribution in [0.15, 0.2) is 18.3 Å². The van der Waals surface area contributed by atoms with Crippen LogP contribution in [0.1, 0.15) is 55.6 Å². The molecule has 0 spiro atoms. The number of hydrogen-bond donors (Lipinski definition) is 1. The van der Waals surface area contributed by atoms with Gasteiger partial charge in [0.2, 0.25) is 0 Å². The lowest BCUT2D eigenvalue weighted by Gasteiger charge is -2.28. The van der Waals surface area contributed by atoms with Gasteiger partial charge in [-0.1, -0.05) is 6.92 Å². The predicted molar refractivity (Wildman–Crippen MR) is 84.5 cm³/mol. The van der Waals surface area contributed by atoms with Crippen molar-refractivity contribution in [2.24, 2.45) is 5.92 Å². The summed E-state index contributed by atoms with van der Waals surface area (Å²) in [4.78, 5) is 14.9. The fourth-order valence-electron chi connectivity index (χ4n) is 3.61. The quantitative estimate of drug-likeness (QED) is 0.909. The van der Waals surface area contributed by atoms with Gasteiger partial charge in [0, 0.05) is 25.3 Å². The first-order valence-corrected chi connectivity index (χ1v) is 8.42. The Morgan fingerprint density at radius 3 is 2.81 bits per heavy atom. The molecule has 1 amide bonds. The Hall–Kier alpha value is -1.29. The lowest BCUT2D eigenvalue weighted by Crippen LogP contribution is -2.35. The van der Waals surface area contributed by atoms with Crippen LogP contribution in [-0.4, -0.2) is 41.6 Å². The Balaban J connectivity index is 1.73. The fraction of sp³-hybridized carbons (Fsp3) is 0.706. The maximum Gasteiger partial charge on any atom is 0.270 e. The molecule has 4 nitrogen and oxygen atoms in total. The summed E-state index contributed by atoms with van der Waals surface area (Å²) >= 11 is 0. The molecule has 0 radical (unpaired) electrons. The summed E-state index contributed by atoms with van der Waals surface area (Å²) < 4.78 is 2.22. The minimum Gasteiger partial charge on any atom is -0.340 e. The first-order valence-electron chi connectivity index (χ1n) is 8.42. The highest BCUT2D eigenvalue weighted by atomic mass is 16.2. The molecular weight excluding hydrogens is 262 g/mol. The van der Waals surface area contributed by atoms with E-state index in [4.69, 9.17) is 0 Å². The third-order valence-corrected chi connectivity index (χ3v) is 5.00. The summed E-state index contributed by atoms with van der Waals surface area (Å²) in [6, 6.07) is 4.50. The zero-order valence-corrected chi connectivity index (χ0v) is 13.1. The average molecular weight is 289 g/mol. The number of nitrogens with zero attached hydrogens (tertiary/aromatic N) is 2. The third-order valence-electron chi connectivity index (χ3n) is 5.00. The molecular formula is C17H27N3O. The van der Waals surface area contributed by atoms with E-state index in [1.165, 1.54) is 6.42 Å². The molecule has 1 atom stereocenters. The highest BCUT2D eigenvalue weighted by molar-refractivity contribution is 5.92. The van der Waals surface area contributed by atoms with Crippen LogP contribution in [-0.2, 0) is 0 Å². The van der Waals surface area contributed by atoms with Crippen molar-refractivity contribution in [1.29, 1.82) is 0 Å². The maximum atomic E-state index is 12.9. The van der Waals surface area contributed by atoms with Gasteiger partial charge in [-0.15, -0.1) is 0 Å². The maximum absolute atomic E-state index is 12.9. The minimum atomic E-state index is 0.229. The van der Waals surface area contributed by atoms with E-state index in [2.05, 4.69) is 27.9 Å². The highest BCUT2D eigenvalue weighted by Gasteiger charge is 2.24. The van der Waals surface area contributed by atoms with Gasteiger partial charge in [0.15, 0.2) is 0 Å². The van der Waals surface area contributed by atoms with E-state index in [1.54, 1.807) is 0 Å². The van der Waals surface area contributed by atoms with Crippen molar-refractivity contribution < 1.29 is 4.79 Å². The van der Waals surface area contributed by atoms with E-state index in [0.29, 0.717) is 6.04 Å². The van der Waals surface area contributed by atoms with E-state index < -0.39 is 0 Å². The summed E-state index contributed by atoms with van der Waals surface area (Å²) in [6.45, 7) is 6.24. The molecule has 1 unspecified atom stereocenters. The smallest absolute Gasteiger partial charge is 0.270 e. The normalized spacial score (nSPS) is 24.8. The highest BCUT2D eigenvalue weighted by Crippen LogP contribution is 2.23. The summed E-state index contributed by atoms with van der Waals surface area (Å²) in [7, 11) is 0. The van der Waals surface area contributed by atoms with Crippen LogP contribution in [0, 0.1) is 5.92 Å². The molecule has 3 rings (SSSR count). The molecule has 2 fully saturated rings. The molecule has 1 aromatic rings. The van der Waals surface area contributed by atoms with Gasteiger partial charge < -0.3 is 14.8 Å². The van der Waals surface area contributed by atoms with E-state index in [0.717, 1.165) is 63.5 Å². The number of carbonyl (C=O) groups is 1. The molecule has 2 aliphatic rings. The number of hydrogen-bond acceptors (Lipinski definition) is 2. The second kappa shape index (κ2) is 6.65. The second-order valence-electron chi connectivity index (χ2n) is 6.61. The van der Waals surface area contributed by atoms with Gasteiger partial charge in [-0.2, -0.15) is 0 Å². The van der Waals surface area contributed by atoms with Crippen LogP contribution >= 0.6 is 0 Å². The van der Waals surface area contributed by atoms with Crippen LogP contribution in [0.5, 0.6) is 0 Å². The van der Waals surface area contributed by atoms with Crippen LogP contribution < -0.4 is 5.32 Å². The Bertz CT molecular complexity index is 476. The van der Waals surface area contributed by atoms with Gasteiger partial charge in [-0.05, 0) is 63.2 Å². The summed E-state index contributed by atoms with van der Waals surface area (Å²) in [5.74, 6) is 0.978. The van der Waals surface area contributed by atoms with Crippen molar-refractivity contribution in [2.75, 3.05) is 26.2 Å². The van der Waals surface area contributed by atoms with Gasteiger partial charge >= 0.3 is 0 Å². The van der Waals surface area contributed by atoms with Crippen molar-refractivity contribution in [1.82, 2.24) is 14.8 Å². The molecule has 1 aromatic heterocycles. The molecule has 4 heteroatoms. The molecule has 21 heavy (non-hydrogen) atoms. The Morgan fingerprint density at radius 1 is 1.19 bits per heavy atom. The van der Waals surface area contributed by atoms with E-state index in [1.807, 2.05) is 12.1 Å². The Kier molecular flexibility index (Phi) is 4.63. The number of amides is 1. The van der Waals surface area contributed by atoms with Crippen LogP contribution in [0.25, 0.3) is 0 Å². The largest absolute Gasteiger partial charge is 0.340 e. The van der Waals surface area contributed by atoms with Crippen molar-refractivity contribution >= 4 is 5.91 Å².